The fourth-order valence-electron chi connectivity index (χ4n) is 1.86. The molecule has 4 nitrogen and oxygen atoms in total. The predicted octanol–water partition coefficient (Wildman–Crippen LogP) is 3.34. The number of nitrogens with one attached hydrogen (secondary N) is 1. The van der Waals surface area contributed by atoms with Crippen molar-refractivity contribution < 1.29 is 14.7 Å². The number of carbonyl (C=O) groups excluding carboxylic acids is 1. The van der Waals surface area contributed by atoms with Gasteiger partial charge in [0.25, 0.3) is 0 Å². The number of aliphatic carboxylic acids is 1. The molecule has 0 aliphatic rings. The Morgan fingerprint density at radius 2 is 2.14 bits per heavy atom. The number of rotatable bonds is 5. The maximum absolute atomic E-state index is 11.9. The second-order valence-electron chi connectivity index (χ2n) is 4.55. The van der Waals surface area contributed by atoms with Gasteiger partial charge in [0.05, 0.1) is 6.42 Å². The zero-order valence-electron chi connectivity index (χ0n) is 11.5. The lowest BCUT2D eigenvalue weighted by atomic mass is 10.1. The van der Waals surface area contributed by atoms with Gasteiger partial charge in [-0.15, -0.1) is 11.3 Å². The number of carboxylic acid groups (broad SMARTS) is 1. The third-order valence-electron chi connectivity index (χ3n) is 2.86. The van der Waals surface area contributed by atoms with Crippen LogP contribution in [-0.2, 0) is 16.0 Å². The molecule has 2 N–H and O–H groups in total. The van der Waals surface area contributed by atoms with E-state index in [1.165, 1.54) is 6.08 Å². The summed E-state index contributed by atoms with van der Waals surface area (Å²) in [5, 5.41) is 13.4. The van der Waals surface area contributed by atoms with Crippen molar-refractivity contribution in [1.82, 2.24) is 0 Å². The van der Waals surface area contributed by atoms with Gasteiger partial charge < -0.3 is 10.4 Å². The van der Waals surface area contributed by atoms with E-state index in [1.807, 2.05) is 30.5 Å². The molecule has 0 aliphatic carbocycles. The highest BCUT2D eigenvalue weighted by molar-refractivity contribution is 7.10. The molecule has 0 radical (unpaired) electrons. The minimum absolute atomic E-state index is 0.0608. The van der Waals surface area contributed by atoms with Crippen molar-refractivity contribution in [2.45, 2.75) is 13.3 Å². The summed E-state index contributed by atoms with van der Waals surface area (Å²) in [5.41, 5.74) is 2.41. The SMILES string of the molecule is Cc1cc(C=CC(=O)O)ccc1NC(=O)Cc1cccs1. The summed E-state index contributed by atoms with van der Waals surface area (Å²) in [4.78, 5) is 23.4. The van der Waals surface area contributed by atoms with Crippen molar-refractivity contribution in [3.63, 3.8) is 0 Å². The van der Waals surface area contributed by atoms with Gasteiger partial charge in [0.1, 0.15) is 0 Å². The molecule has 1 heterocycles. The summed E-state index contributed by atoms with van der Waals surface area (Å²) in [7, 11) is 0. The van der Waals surface area contributed by atoms with E-state index >= 15 is 0 Å². The van der Waals surface area contributed by atoms with Crippen LogP contribution >= 0.6 is 11.3 Å². The summed E-state index contributed by atoms with van der Waals surface area (Å²) in [6, 6.07) is 9.23. The lowest BCUT2D eigenvalue weighted by molar-refractivity contribution is -0.131. The molecule has 0 aliphatic heterocycles. The normalized spacial score (nSPS) is 10.7. The maximum Gasteiger partial charge on any atom is 0.328 e. The summed E-state index contributed by atoms with van der Waals surface area (Å²) in [5.74, 6) is -1.05. The molecule has 1 aromatic carbocycles. The molecule has 21 heavy (non-hydrogen) atoms. The Bertz CT molecular complexity index is 675. The summed E-state index contributed by atoms with van der Waals surface area (Å²) < 4.78 is 0. The molecule has 0 bridgehead atoms. The molecule has 0 spiro atoms. The largest absolute Gasteiger partial charge is 0.478 e. The lowest BCUT2D eigenvalue weighted by Crippen LogP contribution is -2.14. The van der Waals surface area contributed by atoms with Crippen LogP contribution in [0.1, 0.15) is 16.0 Å². The highest BCUT2D eigenvalue weighted by Crippen LogP contribution is 2.18. The van der Waals surface area contributed by atoms with Crippen molar-refractivity contribution in [2.24, 2.45) is 0 Å². The molecule has 5 heteroatoms. The Labute approximate surface area is 126 Å². The van der Waals surface area contributed by atoms with Gasteiger partial charge in [-0.25, -0.2) is 4.79 Å². The zero-order chi connectivity index (χ0) is 15.2. The summed E-state index contributed by atoms with van der Waals surface area (Å²) >= 11 is 1.55. The highest BCUT2D eigenvalue weighted by Gasteiger charge is 2.07. The number of hydrogen-bond acceptors (Lipinski definition) is 3. The summed E-state index contributed by atoms with van der Waals surface area (Å²) in [6.45, 7) is 1.87. The van der Waals surface area contributed by atoms with Crippen molar-refractivity contribution in [3.05, 3.63) is 57.8 Å². The minimum Gasteiger partial charge on any atom is -0.478 e. The number of hydrogen-bond donors (Lipinski definition) is 2. The Balaban J connectivity index is 2.03. The van der Waals surface area contributed by atoms with E-state index in [0.29, 0.717) is 6.42 Å². The van der Waals surface area contributed by atoms with Crippen LogP contribution in [0, 0.1) is 6.92 Å². The third kappa shape index (κ3) is 4.57. The van der Waals surface area contributed by atoms with Gasteiger partial charge in [-0.05, 0) is 47.7 Å². The van der Waals surface area contributed by atoms with Crippen LogP contribution in [-0.4, -0.2) is 17.0 Å². The fraction of sp³-hybridized carbons (Fsp3) is 0.125. The van der Waals surface area contributed by atoms with Crippen molar-refractivity contribution in [1.29, 1.82) is 0 Å². The van der Waals surface area contributed by atoms with Crippen LogP contribution in [0.2, 0.25) is 0 Å². The molecule has 2 aromatic rings. The fourth-order valence-corrected chi connectivity index (χ4v) is 2.57. The second-order valence-corrected chi connectivity index (χ2v) is 5.58. The average molecular weight is 301 g/mol. The van der Waals surface area contributed by atoms with E-state index in [2.05, 4.69) is 5.32 Å². The molecule has 0 saturated carbocycles. The van der Waals surface area contributed by atoms with Gasteiger partial charge >= 0.3 is 5.97 Å². The third-order valence-corrected chi connectivity index (χ3v) is 3.73. The number of benzene rings is 1. The monoisotopic (exact) mass is 301 g/mol. The molecule has 0 fully saturated rings. The standard InChI is InChI=1S/C16H15NO3S/c1-11-9-12(5-7-16(19)20)4-6-14(11)17-15(18)10-13-3-2-8-21-13/h2-9H,10H2,1H3,(H,17,18)(H,19,20). The first kappa shape index (κ1) is 15.0. The molecular formula is C16H15NO3S. The van der Waals surface area contributed by atoms with Gasteiger partial charge in [0.2, 0.25) is 5.91 Å². The second kappa shape index (κ2) is 6.85. The topological polar surface area (TPSA) is 66.4 Å². The molecule has 2 rings (SSSR count). The van der Waals surface area contributed by atoms with E-state index in [1.54, 1.807) is 23.5 Å². The molecular weight excluding hydrogens is 286 g/mol. The first-order chi connectivity index (χ1) is 10.0. The minimum atomic E-state index is -0.985. The molecule has 1 amide bonds. The van der Waals surface area contributed by atoms with Crippen LogP contribution in [0.25, 0.3) is 6.08 Å². The van der Waals surface area contributed by atoms with Crippen LogP contribution in [0.15, 0.2) is 41.8 Å². The van der Waals surface area contributed by atoms with Crippen LogP contribution in [0.4, 0.5) is 5.69 Å². The molecule has 108 valence electrons. The van der Waals surface area contributed by atoms with Gasteiger partial charge in [0.15, 0.2) is 0 Å². The quantitative estimate of drug-likeness (QED) is 0.832. The number of carboxylic acids is 1. The van der Waals surface area contributed by atoms with E-state index in [0.717, 1.165) is 27.8 Å². The summed E-state index contributed by atoms with van der Waals surface area (Å²) in [6.07, 6.45) is 2.97. The number of amides is 1. The highest BCUT2D eigenvalue weighted by atomic mass is 32.1. The number of thiophene rings is 1. The zero-order valence-corrected chi connectivity index (χ0v) is 12.3. The van der Waals surface area contributed by atoms with E-state index in [-0.39, 0.29) is 5.91 Å². The van der Waals surface area contributed by atoms with Crippen molar-refractivity contribution in [3.8, 4) is 0 Å². The number of anilines is 1. The predicted molar refractivity (Wildman–Crippen MR) is 84.5 cm³/mol. The Kier molecular flexibility index (Phi) is 4.90. The van der Waals surface area contributed by atoms with Crippen molar-refractivity contribution >= 4 is 35.0 Å². The van der Waals surface area contributed by atoms with Crippen molar-refractivity contribution in [2.75, 3.05) is 5.32 Å². The number of carbonyl (C=O) groups is 2. The smallest absolute Gasteiger partial charge is 0.328 e. The van der Waals surface area contributed by atoms with Crippen LogP contribution in [0.5, 0.6) is 0 Å². The van der Waals surface area contributed by atoms with Crippen LogP contribution in [0.3, 0.4) is 0 Å². The van der Waals surface area contributed by atoms with Gasteiger partial charge in [-0.1, -0.05) is 12.1 Å². The Morgan fingerprint density at radius 1 is 1.33 bits per heavy atom. The first-order valence-corrected chi connectivity index (χ1v) is 7.26. The van der Waals surface area contributed by atoms with Gasteiger partial charge in [-0.2, -0.15) is 0 Å². The molecule has 0 atom stereocenters. The lowest BCUT2D eigenvalue weighted by Gasteiger charge is -2.08. The molecule has 1 aromatic heterocycles. The number of aryl methyl sites for hydroxylation is 1. The Morgan fingerprint density at radius 3 is 2.76 bits per heavy atom. The van der Waals surface area contributed by atoms with E-state index in [9.17, 15) is 9.59 Å². The van der Waals surface area contributed by atoms with E-state index in [4.69, 9.17) is 5.11 Å². The van der Waals surface area contributed by atoms with Crippen LogP contribution < -0.4 is 5.32 Å². The maximum atomic E-state index is 11.9. The first-order valence-electron chi connectivity index (χ1n) is 6.38. The molecule has 0 saturated heterocycles. The molecule has 0 unspecified atom stereocenters. The van der Waals surface area contributed by atoms with E-state index < -0.39 is 5.97 Å². The Hall–Kier alpha value is -2.40. The van der Waals surface area contributed by atoms with Gasteiger partial charge in [-0.3, -0.25) is 4.79 Å². The van der Waals surface area contributed by atoms with Gasteiger partial charge in [0, 0.05) is 16.6 Å². The average Bonchev–Trinajstić information content (AvgIpc) is 2.92.